The van der Waals surface area contributed by atoms with Crippen LogP contribution in [0, 0.1) is 5.41 Å². The zero-order valence-corrected chi connectivity index (χ0v) is 10.8. The Morgan fingerprint density at radius 2 is 1.65 bits per heavy atom. The lowest BCUT2D eigenvalue weighted by molar-refractivity contribution is 0.878. The third kappa shape index (κ3) is 2.19. The van der Waals surface area contributed by atoms with Crippen molar-refractivity contribution in [3.05, 3.63) is 72.6 Å². The number of hydrogen-bond donors (Lipinski definition) is 2. The molecule has 0 fully saturated rings. The molecule has 0 aliphatic carbocycles. The van der Waals surface area contributed by atoms with Crippen molar-refractivity contribution in [1.82, 2.24) is 9.78 Å². The second kappa shape index (κ2) is 5.01. The van der Waals surface area contributed by atoms with Crippen LogP contribution in [-0.4, -0.2) is 15.6 Å². The normalized spacial score (nSPS) is 10.4. The first-order chi connectivity index (χ1) is 9.75. The average molecular weight is 262 g/mol. The maximum atomic E-state index is 7.63. The molecule has 0 atom stereocenters. The molecule has 98 valence electrons. The summed E-state index contributed by atoms with van der Waals surface area (Å²) in [5.74, 6) is 0.0392. The van der Waals surface area contributed by atoms with Crippen molar-refractivity contribution in [1.29, 1.82) is 5.41 Å². The molecule has 0 unspecified atom stereocenters. The fourth-order valence-electron chi connectivity index (χ4n) is 2.14. The van der Waals surface area contributed by atoms with Gasteiger partial charge in [-0.15, -0.1) is 0 Å². The number of aromatic nitrogens is 2. The largest absolute Gasteiger partial charge is 0.384 e. The van der Waals surface area contributed by atoms with Crippen molar-refractivity contribution in [2.45, 2.75) is 0 Å². The Bertz CT molecular complexity index is 744. The Morgan fingerprint density at radius 3 is 2.40 bits per heavy atom. The van der Waals surface area contributed by atoms with Gasteiger partial charge in [-0.2, -0.15) is 5.10 Å². The monoisotopic (exact) mass is 262 g/mol. The molecular weight excluding hydrogens is 248 g/mol. The fourth-order valence-corrected chi connectivity index (χ4v) is 2.14. The number of rotatable bonds is 3. The molecule has 4 nitrogen and oxygen atoms in total. The van der Waals surface area contributed by atoms with E-state index in [0.29, 0.717) is 5.56 Å². The van der Waals surface area contributed by atoms with E-state index >= 15 is 0 Å². The molecule has 4 heteroatoms. The van der Waals surface area contributed by atoms with Crippen molar-refractivity contribution in [3.63, 3.8) is 0 Å². The highest BCUT2D eigenvalue weighted by atomic mass is 15.3. The Labute approximate surface area is 117 Å². The van der Waals surface area contributed by atoms with Gasteiger partial charge in [0.2, 0.25) is 0 Å². The minimum absolute atomic E-state index is 0.0392. The van der Waals surface area contributed by atoms with Gasteiger partial charge in [-0.1, -0.05) is 42.5 Å². The van der Waals surface area contributed by atoms with Gasteiger partial charge in [0.1, 0.15) is 5.84 Å². The molecule has 3 N–H and O–H groups in total. The summed E-state index contributed by atoms with van der Waals surface area (Å²) in [5.41, 5.74) is 9.24. The molecule has 0 bridgehead atoms. The first-order valence-corrected chi connectivity index (χ1v) is 6.29. The van der Waals surface area contributed by atoms with E-state index in [1.54, 1.807) is 4.68 Å². The number of nitrogens with zero attached hydrogens (tertiary/aromatic N) is 2. The third-order valence-corrected chi connectivity index (χ3v) is 3.13. The van der Waals surface area contributed by atoms with E-state index in [-0.39, 0.29) is 5.84 Å². The highest BCUT2D eigenvalue weighted by Crippen LogP contribution is 2.21. The molecular formula is C16H14N4. The summed E-state index contributed by atoms with van der Waals surface area (Å²) in [6.45, 7) is 0. The predicted molar refractivity (Wildman–Crippen MR) is 80.0 cm³/mol. The van der Waals surface area contributed by atoms with E-state index in [9.17, 15) is 0 Å². The SMILES string of the molecule is N=C(N)c1ccccc1-n1cc(-c2ccccc2)cn1. The lowest BCUT2D eigenvalue weighted by Crippen LogP contribution is -2.14. The molecule has 0 spiro atoms. The van der Waals surface area contributed by atoms with Gasteiger partial charge in [0.15, 0.2) is 0 Å². The van der Waals surface area contributed by atoms with Gasteiger partial charge >= 0.3 is 0 Å². The Balaban J connectivity index is 2.05. The van der Waals surface area contributed by atoms with E-state index < -0.39 is 0 Å². The van der Waals surface area contributed by atoms with E-state index in [1.165, 1.54) is 0 Å². The van der Waals surface area contributed by atoms with Gasteiger partial charge in [-0.3, -0.25) is 5.41 Å². The van der Waals surface area contributed by atoms with E-state index in [4.69, 9.17) is 11.1 Å². The molecule has 20 heavy (non-hydrogen) atoms. The summed E-state index contributed by atoms with van der Waals surface area (Å²) in [4.78, 5) is 0. The van der Waals surface area contributed by atoms with Gasteiger partial charge in [0.05, 0.1) is 11.9 Å². The van der Waals surface area contributed by atoms with Crippen LogP contribution in [0.15, 0.2) is 67.0 Å². The smallest absolute Gasteiger partial charge is 0.124 e. The lowest BCUT2D eigenvalue weighted by atomic mass is 10.1. The van der Waals surface area contributed by atoms with Crippen LogP contribution < -0.4 is 5.73 Å². The van der Waals surface area contributed by atoms with Crippen LogP contribution in [0.5, 0.6) is 0 Å². The number of para-hydroxylation sites is 1. The molecule has 0 saturated heterocycles. The topological polar surface area (TPSA) is 67.7 Å². The molecule has 0 aliphatic rings. The van der Waals surface area contributed by atoms with E-state index in [1.807, 2.05) is 67.0 Å². The van der Waals surface area contributed by atoms with Crippen molar-refractivity contribution in [3.8, 4) is 16.8 Å². The molecule has 3 rings (SSSR count). The Morgan fingerprint density at radius 1 is 0.950 bits per heavy atom. The molecule has 0 amide bonds. The summed E-state index contributed by atoms with van der Waals surface area (Å²) in [6.07, 6.45) is 3.75. The van der Waals surface area contributed by atoms with Crippen LogP contribution >= 0.6 is 0 Å². The van der Waals surface area contributed by atoms with E-state index in [2.05, 4.69) is 5.10 Å². The maximum absolute atomic E-state index is 7.63. The van der Waals surface area contributed by atoms with Gasteiger partial charge in [-0.05, 0) is 17.7 Å². The molecule has 1 aromatic heterocycles. The quantitative estimate of drug-likeness (QED) is 0.563. The van der Waals surface area contributed by atoms with Crippen LogP contribution in [0.4, 0.5) is 0 Å². The predicted octanol–water partition coefficient (Wildman–Crippen LogP) is 2.82. The molecule has 2 aromatic carbocycles. The Hall–Kier alpha value is -2.88. The lowest BCUT2D eigenvalue weighted by Gasteiger charge is -2.07. The number of nitrogens with two attached hydrogens (primary N) is 1. The summed E-state index contributed by atoms with van der Waals surface area (Å²) in [6, 6.07) is 17.6. The molecule has 0 aliphatic heterocycles. The Kier molecular flexibility index (Phi) is 3.05. The highest BCUT2D eigenvalue weighted by molar-refractivity contribution is 5.98. The second-order valence-electron chi connectivity index (χ2n) is 4.47. The van der Waals surface area contributed by atoms with Crippen LogP contribution in [0.3, 0.4) is 0 Å². The first-order valence-electron chi connectivity index (χ1n) is 6.29. The van der Waals surface area contributed by atoms with Crippen LogP contribution in [0.25, 0.3) is 16.8 Å². The van der Waals surface area contributed by atoms with Crippen molar-refractivity contribution in [2.24, 2.45) is 5.73 Å². The zero-order chi connectivity index (χ0) is 13.9. The highest BCUT2D eigenvalue weighted by Gasteiger charge is 2.08. The number of amidine groups is 1. The second-order valence-corrected chi connectivity index (χ2v) is 4.47. The van der Waals surface area contributed by atoms with Gasteiger partial charge in [0, 0.05) is 17.3 Å². The summed E-state index contributed by atoms with van der Waals surface area (Å²) >= 11 is 0. The first kappa shape index (κ1) is 12.2. The number of hydrogen-bond acceptors (Lipinski definition) is 2. The number of nitrogen functional groups attached to an aromatic ring is 1. The minimum atomic E-state index is 0.0392. The van der Waals surface area contributed by atoms with Crippen LogP contribution in [0.1, 0.15) is 5.56 Å². The van der Waals surface area contributed by atoms with Crippen LogP contribution in [0.2, 0.25) is 0 Å². The van der Waals surface area contributed by atoms with E-state index in [0.717, 1.165) is 16.8 Å². The molecule has 3 aromatic rings. The van der Waals surface area contributed by atoms with Crippen molar-refractivity contribution >= 4 is 5.84 Å². The standard InChI is InChI=1S/C16H14N4/c17-16(18)14-8-4-5-9-15(14)20-11-13(10-19-20)12-6-2-1-3-7-12/h1-11H,(H3,17,18). The molecule has 1 heterocycles. The fraction of sp³-hybridized carbons (Fsp3) is 0. The van der Waals surface area contributed by atoms with Gasteiger partial charge in [0.25, 0.3) is 0 Å². The van der Waals surface area contributed by atoms with Crippen LogP contribution in [-0.2, 0) is 0 Å². The van der Waals surface area contributed by atoms with Gasteiger partial charge in [-0.25, -0.2) is 4.68 Å². The zero-order valence-electron chi connectivity index (χ0n) is 10.8. The maximum Gasteiger partial charge on any atom is 0.124 e. The minimum Gasteiger partial charge on any atom is -0.384 e. The summed E-state index contributed by atoms with van der Waals surface area (Å²) in [5, 5.41) is 12.0. The summed E-state index contributed by atoms with van der Waals surface area (Å²) < 4.78 is 1.75. The van der Waals surface area contributed by atoms with Crippen molar-refractivity contribution < 1.29 is 0 Å². The molecule has 0 saturated carbocycles. The van der Waals surface area contributed by atoms with Crippen molar-refractivity contribution in [2.75, 3.05) is 0 Å². The summed E-state index contributed by atoms with van der Waals surface area (Å²) in [7, 11) is 0. The molecule has 0 radical (unpaired) electrons. The number of nitrogens with one attached hydrogen (secondary N) is 1. The average Bonchev–Trinajstić information content (AvgIpc) is 2.98. The third-order valence-electron chi connectivity index (χ3n) is 3.13. The number of benzene rings is 2. The van der Waals surface area contributed by atoms with Gasteiger partial charge < -0.3 is 5.73 Å².